The number of nitro benzene ring substituents is 2. The minimum absolute atomic E-state index is 0.0381. The minimum atomic E-state index is -0.432. The van der Waals surface area contributed by atoms with Gasteiger partial charge in [0, 0.05) is 48.8 Å². The van der Waals surface area contributed by atoms with Gasteiger partial charge in [-0.2, -0.15) is 0 Å². The van der Waals surface area contributed by atoms with E-state index in [-0.39, 0.29) is 50.5 Å². The Hall–Kier alpha value is -6.44. The fourth-order valence-electron chi connectivity index (χ4n) is 6.26. The Morgan fingerprint density at radius 1 is 0.635 bits per heavy atom. The number of para-hydroxylation sites is 2. The molecule has 0 fully saturated rings. The molecule has 0 amide bonds. The Bertz CT molecular complexity index is 2200. The molecule has 4 aromatic carbocycles. The molecule has 0 bridgehead atoms. The van der Waals surface area contributed by atoms with Crippen LogP contribution in [0.5, 0.6) is 0 Å². The lowest BCUT2D eigenvalue weighted by molar-refractivity contribution is -0.383. The summed E-state index contributed by atoms with van der Waals surface area (Å²) in [6, 6.07) is 21.0. The molecule has 2 N–H and O–H groups in total. The topological polar surface area (TPSA) is 189 Å². The molecule has 52 heavy (non-hydrogen) atoms. The number of pyridine rings is 2. The van der Waals surface area contributed by atoms with Crippen LogP contribution in [0.1, 0.15) is 36.8 Å². The van der Waals surface area contributed by atoms with Gasteiger partial charge >= 0.3 is 11.9 Å². The van der Waals surface area contributed by atoms with E-state index < -0.39 is 21.8 Å². The number of nitro groups is 2. The van der Waals surface area contributed by atoms with E-state index in [1.807, 2.05) is 62.4 Å². The van der Waals surface area contributed by atoms with E-state index in [0.717, 1.165) is 21.9 Å². The van der Waals surface area contributed by atoms with Gasteiger partial charge in [0.15, 0.2) is 0 Å². The van der Waals surface area contributed by atoms with Crippen molar-refractivity contribution in [2.45, 2.75) is 39.5 Å². The highest BCUT2D eigenvalue weighted by Gasteiger charge is 2.22. The number of aromatic nitrogens is 2. The van der Waals surface area contributed by atoms with Crippen LogP contribution in [0.4, 0.5) is 22.7 Å². The van der Waals surface area contributed by atoms with Gasteiger partial charge in [0.25, 0.3) is 11.4 Å². The average molecular weight is 705 g/mol. The van der Waals surface area contributed by atoms with Gasteiger partial charge in [-0.3, -0.25) is 29.8 Å². The van der Waals surface area contributed by atoms with Crippen molar-refractivity contribution in [1.29, 1.82) is 0 Å². The molecular formula is C38H36N6O8. The largest absolute Gasteiger partial charge is 0.464 e. The maximum Gasteiger partial charge on any atom is 0.305 e. The summed E-state index contributed by atoms with van der Waals surface area (Å²) in [4.78, 5) is 57.0. The average Bonchev–Trinajstić information content (AvgIpc) is 3.13. The molecule has 0 aliphatic heterocycles. The number of ether oxygens (including phenoxy) is 2. The second-order valence-corrected chi connectivity index (χ2v) is 12.3. The van der Waals surface area contributed by atoms with Crippen molar-refractivity contribution in [2.75, 3.05) is 36.9 Å². The highest BCUT2D eigenvalue weighted by atomic mass is 16.6. The first-order chi connectivity index (χ1) is 25.1. The number of rotatable bonds is 15. The summed E-state index contributed by atoms with van der Waals surface area (Å²) in [6.07, 6.45) is 1.06. The molecule has 14 heteroatoms. The number of esters is 2. The summed E-state index contributed by atoms with van der Waals surface area (Å²) in [7, 11) is 0. The Morgan fingerprint density at radius 2 is 1.04 bits per heavy atom. The highest BCUT2D eigenvalue weighted by molar-refractivity contribution is 6.13. The van der Waals surface area contributed by atoms with Gasteiger partial charge in [-0.25, -0.2) is 9.97 Å². The molecule has 6 rings (SSSR count). The summed E-state index contributed by atoms with van der Waals surface area (Å²) < 4.78 is 10.8. The SMILES string of the molecule is Cc1ccc([N+](=O)[O-])c2c(NCCOC(=O)CCCCC(=O)OCCNc3c4ccccc4nc4c(C)ccc([N+](=O)[O-])c34)c3ccccc3nc12. The lowest BCUT2D eigenvalue weighted by Gasteiger charge is -2.15. The third kappa shape index (κ3) is 7.50. The molecule has 6 aromatic rings. The van der Waals surface area contributed by atoms with Crippen LogP contribution >= 0.6 is 0 Å². The summed E-state index contributed by atoms with van der Waals surface area (Å²) >= 11 is 0. The normalized spacial score (nSPS) is 11.2. The number of nitrogens with one attached hydrogen (secondary N) is 2. The zero-order valence-corrected chi connectivity index (χ0v) is 28.6. The van der Waals surface area contributed by atoms with Crippen LogP contribution in [0, 0.1) is 34.1 Å². The van der Waals surface area contributed by atoms with E-state index in [1.165, 1.54) is 12.1 Å². The zero-order chi connectivity index (χ0) is 36.8. The number of hydrogen-bond acceptors (Lipinski definition) is 12. The number of nitrogens with zero attached hydrogens (tertiary/aromatic N) is 4. The quantitative estimate of drug-likeness (QED) is 0.0349. The summed E-state index contributed by atoms with van der Waals surface area (Å²) in [6.45, 7) is 4.21. The van der Waals surface area contributed by atoms with Crippen molar-refractivity contribution >= 4 is 78.3 Å². The van der Waals surface area contributed by atoms with E-state index in [1.54, 1.807) is 12.1 Å². The number of anilines is 2. The molecule has 0 aliphatic rings. The van der Waals surface area contributed by atoms with Crippen LogP contribution in [-0.4, -0.2) is 58.1 Å². The van der Waals surface area contributed by atoms with Crippen molar-refractivity contribution < 1.29 is 28.9 Å². The Kier molecular flexibility index (Phi) is 10.6. The molecule has 14 nitrogen and oxygen atoms in total. The van der Waals surface area contributed by atoms with Gasteiger partial charge in [0.2, 0.25) is 0 Å². The van der Waals surface area contributed by atoms with Gasteiger partial charge in [0.1, 0.15) is 24.0 Å². The molecule has 0 radical (unpaired) electrons. The molecule has 2 heterocycles. The Balaban J connectivity index is 0.961. The molecule has 0 unspecified atom stereocenters. The lowest BCUT2D eigenvalue weighted by Crippen LogP contribution is -2.15. The third-order valence-corrected chi connectivity index (χ3v) is 8.77. The van der Waals surface area contributed by atoms with E-state index in [0.29, 0.717) is 57.1 Å². The number of carbonyl (C=O) groups is 2. The van der Waals surface area contributed by atoms with Crippen LogP contribution in [0.2, 0.25) is 0 Å². The number of aryl methyl sites for hydroxylation is 2. The van der Waals surface area contributed by atoms with Gasteiger partial charge in [0.05, 0.1) is 43.3 Å². The van der Waals surface area contributed by atoms with Crippen LogP contribution < -0.4 is 10.6 Å². The molecule has 0 spiro atoms. The first-order valence-corrected chi connectivity index (χ1v) is 16.9. The number of hydrogen-bond donors (Lipinski definition) is 2. The number of carbonyl (C=O) groups excluding carboxylic acids is 2. The minimum Gasteiger partial charge on any atom is -0.464 e. The van der Waals surface area contributed by atoms with E-state index in [9.17, 15) is 29.8 Å². The van der Waals surface area contributed by atoms with Crippen molar-refractivity contribution in [3.63, 3.8) is 0 Å². The van der Waals surface area contributed by atoms with Gasteiger partial charge in [-0.1, -0.05) is 48.5 Å². The molecule has 0 saturated heterocycles. The lowest BCUT2D eigenvalue weighted by atomic mass is 10.0. The number of unbranched alkanes of at least 4 members (excludes halogenated alkanes) is 1. The fourth-order valence-corrected chi connectivity index (χ4v) is 6.26. The Morgan fingerprint density at radius 3 is 1.44 bits per heavy atom. The molecule has 0 aliphatic carbocycles. The summed E-state index contributed by atoms with van der Waals surface area (Å²) in [5.74, 6) is -0.849. The third-order valence-electron chi connectivity index (χ3n) is 8.77. The molecule has 0 saturated carbocycles. The van der Waals surface area contributed by atoms with Crippen LogP contribution in [0.25, 0.3) is 43.6 Å². The number of fused-ring (bicyclic) bond motifs is 4. The Labute approximate surface area is 297 Å². The van der Waals surface area contributed by atoms with Crippen LogP contribution in [-0.2, 0) is 19.1 Å². The van der Waals surface area contributed by atoms with E-state index in [4.69, 9.17) is 9.47 Å². The van der Waals surface area contributed by atoms with Crippen LogP contribution in [0.15, 0.2) is 72.8 Å². The smallest absolute Gasteiger partial charge is 0.305 e. The standard InChI is InChI=1S/C38H36N6O8/c1-23-15-17-29(43(47)48)33-35(23)41-27-11-5-3-9-25(27)37(33)39-19-21-51-31(45)13-7-8-14-32(46)52-22-20-40-38-26-10-4-6-12-28(26)42-36-24(2)16-18-30(34(36)38)44(49)50/h3-6,9-12,15-18H,7-8,13-14,19-22H2,1-2H3,(H,39,41)(H,40,42). The van der Waals surface area contributed by atoms with Crippen molar-refractivity contribution in [2.24, 2.45) is 0 Å². The zero-order valence-electron chi connectivity index (χ0n) is 28.6. The summed E-state index contributed by atoms with van der Waals surface area (Å²) in [5, 5.41) is 32.4. The van der Waals surface area contributed by atoms with Gasteiger partial charge < -0.3 is 20.1 Å². The maximum absolute atomic E-state index is 12.4. The van der Waals surface area contributed by atoms with E-state index >= 15 is 0 Å². The van der Waals surface area contributed by atoms with Gasteiger partial charge in [-0.05, 0) is 49.9 Å². The maximum atomic E-state index is 12.4. The predicted molar refractivity (Wildman–Crippen MR) is 199 cm³/mol. The monoisotopic (exact) mass is 704 g/mol. The fraction of sp³-hybridized carbons (Fsp3) is 0.263. The van der Waals surface area contributed by atoms with Crippen LogP contribution in [0.3, 0.4) is 0 Å². The number of non-ortho nitro benzene ring substituents is 2. The first-order valence-electron chi connectivity index (χ1n) is 16.9. The second kappa shape index (κ2) is 15.6. The van der Waals surface area contributed by atoms with E-state index in [2.05, 4.69) is 20.6 Å². The van der Waals surface area contributed by atoms with Crippen molar-refractivity contribution in [3.8, 4) is 0 Å². The predicted octanol–water partition coefficient (Wildman–Crippen LogP) is 7.69. The molecular weight excluding hydrogens is 668 g/mol. The number of benzene rings is 4. The molecule has 266 valence electrons. The first kappa shape index (κ1) is 35.4. The van der Waals surface area contributed by atoms with Gasteiger partial charge in [-0.15, -0.1) is 0 Å². The second-order valence-electron chi connectivity index (χ2n) is 12.3. The van der Waals surface area contributed by atoms with Crippen molar-refractivity contribution in [3.05, 3.63) is 104 Å². The molecule has 0 atom stereocenters. The molecule has 2 aromatic heterocycles. The van der Waals surface area contributed by atoms with Crippen molar-refractivity contribution in [1.82, 2.24) is 9.97 Å². The summed E-state index contributed by atoms with van der Waals surface area (Å²) in [5.41, 5.74) is 5.01. The highest BCUT2D eigenvalue weighted by Crippen LogP contribution is 2.39.